The van der Waals surface area contributed by atoms with Gasteiger partial charge in [-0.3, -0.25) is 24.4 Å². The van der Waals surface area contributed by atoms with Gasteiger partial charge in [-0.05, 0) is 76.0 Å². The number of hydrogen-bond acceptors (Lipinski definition) is 8. The predicted octanol–water partition coefficient (Wildman–Crippen LogP) is 2.49. The summed E-state index contributed by atoms with van der Waals surface area (Å²) >= 11 is 0. The van der Waals surface area contributed by atoms with Gasteiger partial charge in [-0.1, -0.05) is 18.2 Å². The molecule has 1 aromatic carbocycles. The molecule has 1 heterocycles. The van der Waals surface area contributed by atoms with Gasteiger partial charge in [-0.2, -0.15) is 5.26 Å². The van der Waals surface area contributed by atoms with Crippen LogP contribution in [0.1, 0.15) is 62.5 Å². The van der Waals surface area contributed by atoms with Gasteiger partial charge in [0.25, 0.3) is 5.91 Å². The molecular formula is C30H37N5O7S. The molecule has 1 aliphatic heterocycles. The van der Waals surface area contributed by atoms with Crippen molar-refractivity contribution < 1.29 is 32.3 Å². The molecule has 0 bridgehead atoms. The van der Waals surface area contributed by atoms with Crippen LogP contribution in [0.4, 0.5) is 10.5 Å². The van der Waals surface area contributed by atoms with E-state index in [-0.39, 0.29) is 36.7 Å². The Morgan fingerprint density at radius 3 is 2.63 bits per heavy atom. The minimum atomic E-state index is -3.84. The van der Waals surface area contributed by atoms with E-state index in [4.69, 9.17) is 4.74 Å². The fraction of sp³-hybridized carbons (Fsp3) is 0.567. The summed E-state index contributed by atoms with van der Waals surface area (Å²) in [6.07, 6.45) is 5.83. The zero-order valence-corrected chi connectivity index (χ0v) is 25.1. The van der Waals surface area contributed by atoms with Crippen LogP contribution in [0, 0.1) is 36.0 Å². The summed E-state index contributed by atoms with van der Waals surface area (Å²) in [7, 11) is -2.16. The Bertz CT molecular complexity index is 1500. The Morgan fingerprint density at radius 1 is 1.16 bits per heavy atom. The van der Waals surface area contributed by atoms with E-state index < -0.39 is 56.7 Å². The lowest BCUT2D eigenvalue weighted by Crippen LogP contribution is -2.54. The van der Waals surface area contributed by atoms with Crippen molar-refractivity contribution in [3.8, 4) is 6.07 Å². The van der Waals surface area contributed by atoms with Crippen molar-refractivity contribution >= 4 is 39.5 Å². The topological polar surface area (TPSA) is 175 Å². The summed E-state index contributed by atoms with van der Waals surface area (Å²) in [6, 6.07) is 7.00. The van der Waals surface area contributed by atoms with Gasteiger partial charge in [0.2, 0.25) is 21.8 Å². The lowest BCUT2D eigenvalue weighted by atomic mass is 9.93. The van der Waals surface area contributed by atoms with Crippen LogP contribution in [0.25, 0.3) is 0 Å². The van der Waals surface area contributed by atoms with Crippen molar-refractivity contribution in [1.29, 1.82) is 5.26 Å². The average molecular weight is 612 g/mol. The smallest absolute Gasteiger partial charge is 0.411 e. The number of aryl methyl sites for hydroxylation is 1. The van der Waals surface area contributed by atoms with E-state index in [1.54, 1.807) is 30.1 Å². The van der Waals surface area contributed by atoms with Crippen LogP contribution in [-0.2, 0) is 29.1 Å². The molecule has 5 rings (SSSR count). The number of nitriles is 1. The summed E-state index contributed by atoms with van der Waals surface area (Å²) < 4.78 is 32.9. The van der Waals surface area contributed by atoms with Gasteiger partial charge in [0.05, 0.1) is 28.3 Å². The number of nitrogens with zero attached hydrogens (tertiary/aromatic N) is 2. The fourth-order valence-corrected chi connectivity index (χ4v) is 7.41. The molecule has 13 heteroatoms. The quantitative estimate of drug-likeness (QED) is 0.426. The van der Waals surface area contributed by atoms with Crippen molar-refractivity contribution in [3.05, 3.63) is 41.5 Å². The molecule has 3 aliphatic carbocycles. The van der Waals surface area contributed by atoms with E-state index in [1.165, 1.54) is 0 Å². The third-order valence-electron chi connectivity index (χ3n) is 8.80. The second-order valence-corrected chi connectivity index (χ2v) is 14.1. The number of rotatable bonds is 5. The van der Waals surface area contributed by atoms with Crippen molar-refractivity contribution in [2.24, 2.45) is 17.8 Å². The number of allylic oxidation sites excluding steroid dienone is 1. The summed E-state index contributed by atoms with van der Waals surface area (Å²) in [5.74, 6) is -3.68. The second-order valence-electron chi connectivity index (χ2n) is 12.1. The van der Waals surface area contributed by atoms with Gasteiger partial charge in [0.15, 0.2) is 0 Å². The lowest BCUT2D eigenvalue weighted by molar-refractivity contribution is -0.140. The average Bonchev–Trinajstić information content (AvgIpc) is 3.87. The highest BCUT2D eigenvalue weighted by Gasteiger charge is 2.62. The van der Waals surface area contributed by atoms with Crippen LogP contribution in [0.15, 0.2) is 30.4 Å². The Balaban J connectivity index is 1.35. The third kappa shape index (κ3) is 6.69. The lowest BCUT2D eigenvalue weighted by Gasteiger charge is -2.26. The number of fused-ring (bicyclic) bond motifs is 2. The van der Waals surface area contributed by atoms with E-state index in [9.17, 15) is 32.9 Å². The molecule has 0 spiro atoms. The number of ether oxygens (including phenoxy) is 1. The molecule has 0 saturated heterocycles. The van der Waals surface area contributed by atoms with E-state index in [0.29, 0.717) is 25.1 Å². The highest BCUT2D eigenvalue weighted by Crippen LogP contribution is 2.47. The van der Waals surface area contributed by atoms with E-state index in [2.05, 4.69) is 15.4 Å². The van der Waals surface area contributed by atoms with Gasteiger partial charge in [0, 0.05) is 19.5 Å². The first-order valence-electron chi connectivity index (χ1n) is 14.7. The van der Waals surface area contributed by atoms with Crippen molar-refractivity contribution in [3.63, 3.8) is 0 Å². The number of anilines is 1. The fourth-order valence-electron chi connectivity index (χ4n) is 6.04. The van der Waals surface area contributed by atoms with Crippen LogP contribution >= 0.6 is 0 Å². The number of hydrogen-bond donors (Lipinski definition) is 3. The molecule has 3 saturated carbocycles. The monoisotopic (exact) mass is 611 g/mol. The maximum atomic E-state index is 13.8. The third-order valence-corrected chi connectivity index (χ3v) is 10.6. The van der Waals surface area contributed by atoms with E-state index in [0.717, 1.165) is 24.8 Å². The Kier molecular flexibility index (Phi) is 8.51. The Morgan fingerprint density at radius 2 is 1.91 bits per heavy atom. The van der Waals surface area contributed by atoms with Gasteiger partial charge in [-0.25, -0.2) is 13.2 Å². The summed E-state index contributed by atoms with van der Waals surface area (Å²) in [5, 5.41) is 14.2. The Labute approximate surface area is 251 Å². The second kappa shape index (κ2) is 12.0. The molecule has 5 atom stereocenters. The van der Waals surface area contributed by atoms with E-state index >= 15 is 0 Å². The molecule has 0 unspecified atom stereocenters. The van der Waals surface area contributed by atoms with Crippen LogP contribution in [0.5, 0.6) is 0 Å². The molecule has 4 amide bonds. The number of nitrogens with one attached hydrogen (secondary N) is 3. The summed E-state index contributed by atoms with van der Waals surface area (Å²) in [4.78, 5) is 55.1. The Hall–Kier alpha value is -3.92. The largest absolute Gasteiger partial charge is 0.446 e. The molecule has 3 fully saturated rings. The van der Waals surface area contributed by atoms with Gasteiger partial charge in [0.1, 0.15) is 17.7 Å². The molecule has 4 aliphatic rings. The highest BCUT2D eigenvalue weighted by atomic mass is 32.2. The van der Waals surface area contributed by atoms with Crippen LogP contribution in [-0.4, -0.2) is 67.6 Å². The minimum absolute atomic E-state index is 0.0427. The van der Waals surface area contributed by atoms with Crippen LogP contribution in [0.2, 0.25) is 0 Å². The van der Waals surface area contributed by atoms with Crippen molar-refractivity contribution in [2.45, 2.75) is 75.2 Å². The molecular weight excluding hydrogens is 574 g/mol. The first-order chi connectivity index (χ1) is 20.4. The number of sulfonamides is 1. The number of carbonyl (C=O) groups excluding carboxylic acids is 4. The zero-order chi connectivity index (χ0) is 30.9. The van der Waals surface area contributed by atoms with Gasteiger partial charge >= 0.3 is 6.09 Å². The first-order valence-corrected chi connectivity index (χ1v) is 16.3. The SMILES string of the molecule is Cc1ccc(C#N)c(NC(=O)O[C@@H]2C[C@H]3C(=O)N[C@]4(C(=O)NS(=O)(=O)C5CC5)C[C@H]4/C=C\CCCCN(C)C(=O)[C@@H]3C2)c1. The number of carbonyl (C=O) groups is 4. The zero-order valence-electron chi connectivity index (χ0n) is 24.3. The molecule has 12 nitrogen and oxygen atoms in total. The number of benzene rings is 1. The molecule has 230 valence electrons. The molecule has 0 radical (unpaired) electrons. The first kappa shape index (κ1) is 30.5. The summed E-state index contributed by atoms with van der Waals surface area (Å²) in [6.45, 7) is 2.32. The van der Waals surface area contributed by atoms with Gasteiger partial charge in [-0.15, -0.1) is 0 Å². The molecule has 1 aromatic rings. The normalized spacial score (nSPS) is 30.0. The highest BCUT2D eigenvalue weighted by molar-refractivity contribution is 7.91. The minimum Gasteiger partial charge on any atom is -0.446 e. The van der Waals surface area contributed by atoms with Crippen molar-refractivity contribution in [2.75, 3.05) is 18.9 Å². The van der Waals surface area contributed by atoms with Crippen LogP contribution < -0.4 is 15.4 Å². The predicted molar refractivity (Wildman–Crippen MR) is 156 cm³/mol. The maximum absolute atomic E-state index is 13.8. The molecule has 3 N–H and O–H groups in total. The van der Waals surface area contributed by atoms with Gasteiger partial charge < -0.3 is 15.0 Å². The van der Waals surface area contributed by atoms with E-state index in [1.807, 2.05) is 25.1 Å². The standard InChI is InChI=1S/C30H37N5O7S/c1-18-8-9-19(17-31)25(13-18)32-29(39)42-21-14-23-24(15-21)27(37)35(2)12-6-4-3-5-7-20-16-30(20,33-26(23)36)28(38)34-43(40,41)22-10-11-22/h5,7-9,13,20-24H,3-4,6,10-12,14-16H2,1-2H3,(H,32,39)(H,33,36)(H,34,38)/b7-5-/t20-,21-,23-,24-,30-/m1/s1. The maximum Gasteiger partial charge on any atom is 0.411 e. The summed E-state index contributed by atoms with van der Waals surface area (Å²) in [5.41, 5.74) is -0.0483. The van der Waals surface area contributed by atoms with Crippen molar-refractivity contribution in [1.82, 2.24) is 14.9 Å². The molecule has 43 heavy (non-hydrogen) atoms. The number of amides is 4. The van der Waals surface area contributed by atoms with Crippen LogP contribution in [0.3, 0.4) is 0 Å². The molecule has 0 aromatic heterocycles.